The van der Waals surface area contributed by atoms with E-state index in [2.05, 4.69) is 62.8 Å². The number of allylic oxidation sites excluding steroid dienone is 1. The Labute approximate surface area is 129 Å². The van der Waals surface area contributed by atoms with Crippen LogP contribution >= 0.6 is 0 Å². The summed E-state index contributed by atoms with van der Waals surface area (Å²) in [4.78, 5) is 3.37. The number of benzene rings is 1. The molecule has 0 spiro atoms. The quantitative estimate of drug-likeness (QED) is 0.562. The second-order valence-electron chi connectivity index (χ2n) is 6.29. The minimum atomic E-state index is 0.607. The van der Waals surface area contributed by atoms with Gasteiger partial charge in [0.25, 0.3) is 0 Å². The lowest BCUT2D eigenvalue weighted by Crippen LogP contribution is -2.14. The van der Waals surface area contributed by atoms with Gasteiger partial charge in [-0.1, -0.05) is 70.4 Å². The summed E-state index contributed by atoms with van der Waals surface area (Å²) < 4.78 is 0. The molecule has 0 aliphatic carbocycles. The van der Waals surface area contributed by atoms with E-state index in [0.717, 1.165) is 12.3 Å². The van der Waals surface area contributed by atoms with E-state index in [0.29, 0.717) is 5.92 Å². The Hall–Kier alpha value is -1.50. The van der Waals surface area contributed by atoms with Crippen LogP contribution in [0.1, 0.15) is 52.0 Å². The van der Waals surface area contributed by atoms with Crippen molar-refractivity contribution in [1.82, 2.24) is 4.98 Å². The van der Waals surface area contributed by atoms with Gasteiger partial charge in [0.15, 0.2) is 0 Å². The molecule has 0 bridgehead atoms. The van der Waals surface area contributed by atoms with Gasteiger partial charge in [0, 0.05) is 17.1 Å². The SMILES string of the molecule is C=C(Cc1c[nH]c2ccccc12)C(C)C(CC)CCCC. The Morgan fingerprint density at radius 3 is 2.71 bits per heavy atom. The summed E-state index contributed by atoms with van der Waals surface area (Å²) in [5, 5.41) is 1.34. The lowest BCUT2D eigenvalue weighted by Gasteiger charge is -2.24. The maximum Gasteiger partial charge on any atom is 0.0456 e. The van der Waals surface area contributed by atoms with Crippen molar-refractivity contribution in [3.8, 4) is 0 Å². The van der Waals surface area contributed by atoms with Crippen molar-refractivity contribution < 1.29 is 0 Å². The fourth-order valence-electron chi connectivity index (χ4n) is 3.29. The second-order valence-corrected chi connectivity index (χ2v) is 6.29. The van der Waals surface area contributed by atoms with E-state index in [4.69, 9.17) is 0 Å². The number of fused-ring (bicyclic) bond motifs is 1. The third-order valence-corrected chi connectivity index (χ3v) is 4.90. The van der Waals surface area contributed by atoms with Crippen molar-refractivity contribution in [1.29, 1.82) is 0 Å². The number of aromatic nitrogens is 1. The molecule has 0 radical (unpaired) electrons. The van der Waals surface area contributed by atoms with Gasteiger partial charge in [0.05, 0.1) is 0 Å². The molecule has 1 heteroatoms. The van der Waals surface area contributed by atoms with E-state index >= 15 is 0 Å². The molecule has 1 nitrogen and oxygen atoms in total. The summed E-state index contributed by atoms with van der Waals surface area (Å²) in [6.45, 7) is 11.4. The van der Waals surface area contributed by atoms with Crippen LogP contribution in [0.25, 0.3) is 10.9 Å². The average molecular weight is 283 g/mol. The molecule has 0 amide bonds. The number of unbranched alkanes of at least 4 members (excludes halogenated alkanes) is 1. The highest BCUT2D eigenvalue weighted by atomic mass is 14.7. The molecule has 1 N–H and O–H groups in total. The Kier molecular flexibility index (Phi) is 5.67. The summed E-state index contributed by atoms with van der Waals surface area (Å²) >= 11 is 0. The lowest BCUT2D eigenvalue weighted by atomic mass is 9.81. The first-order chi connectivity index (χ1) is 10.2. The van der Waals surface area contributed by atoms with Crippen molar-refractivity contribution in [2.45, 2.75) is 52.9 Å². The molecule has 2 unspecified atom stereocenters. The van der Waals surface area contributed by atoms with Crippen LogP contribution in [0.2, 0.25) is 0 Å². The molecule has 0 fully saturated rings. The number of para-hydroxylation sites is 1. The van der Waals surface area contributed by atoms with Crippen molar-refractivity contribution in [2.24, 2.45) is 11.8 Å². The topological polar surface area (TPSA) is 15.8 Å². The fourth-order valence-corrected chi connectivity index (χ4v) is 3.29. The van der Waals surface area contributed by atoms with Crippen LogP contribution in [0, 0.1) is 11.8 Å². The normalized spacial score (nSPS) is 14.2. The third kappa shape index (κ3) is 3.78. The van der Waals surface area contributed by atoms with Gasteiger partial charge in [-0.25, -0.2) is 0 Å². The highest BCUT2D eigenvalue weighted by Crippen LogP contribution is 2.30. The molecule has 2 aromatic rings. The summed E-state index contributed by atoms with van der Waals surface area (Å²) in [5.41, 5.74) is 3.99. The van der Waals surface area contributed by atoms with Gasteiger partial charge >= 0.3 is 0 Å². The second kappa shape index (κ2) is 7.49. The first kappa shape index (κ1) is 15.9. The Bertz CT molecular complexity index is 578. The predicted octanol–water partition coefficient (Wildman–Crippen LogP) is 6.12. The first-order valence-corrected chi connectivity index (χ1v) is 8.40. The van der Waals surface area contributed by atoms with Crippen molar-refractivity contribution in [3.63, 3.8) is 0 Å². The number of H-pyrrole nitrogens is 1. The Balaban J connectivity index is 2.06. The molecule has 2 atom stereocenters. The van der Waals surface area contributed by atoms with Crippen molar-refractivity contribution in [2.75, 3.05) is 0 Å². The molecule has 21 heavy (non-hydrogen) atoms. The van der Waals surface area contributed by atoms with Crippen LogP contribution in [0.4, 0.5) is 0 Å². The summed E-state index contributed by atoms with van der Waals surface area (Å²) in [7, 11) is 0. The zero-order valence-corrected chi connectivity index (χ0v) is 13.8. The number of rotatable bonds is 8. The molecule has 0 aliphatic rings. The van der Waals surface area contributed by atoms with Gasteiger partial charge in [-0.15, -0.1) is 0 Å². The molecule has 1 aromatic heterocycles. The molecule has 1 heterocycles. The third-order valence-electron chi connectivity index (χ3n) is 4.90. The monoisotopic (exact) mass is 283 g/mol. The summed E-state index contributed by atoms with van der Waals surface area (Å²) in [6.07, 6.45) is 8.36. The molecule has 114 valence electrons. The number of aromatic amines is 1. The van der Waals surface area contributed by atoms with E-state index in [1.54, 1.807) is 0 Å². The fraction of sp³-hybridized carbons (Fsp3) is 0.500. The van der Waals surface area contributed by atoms with E-state index in [1.165, 1.54) is 47.7 Å². The zero-order chi connectivity index (χ0) is 15.2. The van der Waals surface area contributed by atoms with Crippen molar-refractivity contribution >= 4 is 10.9 Å². The van der Waals surface area contributed by atoms with E-state index in [-0.39, 0.29) is 0 Å². The number of hydrogen-bond donors (Lipinski definition) is 1. The molecule has 0 saturated heterocycles. The standard InChI is InChI=1S/C20H29N/c1-5-7-10-17(6-2)16(4)15(3)13-18-14-21-20-12-9-8-11-19(18)20/h8-9,11-12,14,16-17,21H,3,5-7,10,13H2,1-2,4H3. The number of nitrogens with one attached hydrogen (secondary N) is 1. The Morgan fingerprint density at radius 2 is 2.00 bits per heavy atom. The zero-order valence-electron chi connectivity index (χ0n) is 13.8. The highest BCUT2D eigenvalue weighted by Gasteiger charge is 2.18. The molecule has 0 aliphatic heterocycles. The minimum Gasteiger partial charge on any atom is -0.361 e. The molecule has 2 rings (SSSR count). The maximum atomic E-state index is 4.40. The van der Waals surface area contributed by atoms with E-state index < -0.39 is 0 Å². The largest absolute Gasteiger partial charge is 0.361 e. The van der Waals surface area contributed by atoms with Crippen LogP contribution in [0.5, 0.6) is 0 Å². The van der Waals surface area contributed by atoms with Gasteiger partial charge in [-0.2, -0.15) is 0 Å². The van der Waals surface area contributed by atoms with Crippen LogP contribution in [0.15, 0.2) is 42.6 Å². The van der Waals surface area contributed by atoms with Gasteiger partial charge in [0.1, 0.15) is 0 Å². The van der Waals surface area contributed by atoms with Crippen LogP contribution < -0.4 is 0 Å². The van der Waals surface area contributed by atoms with Gasteiger partial charge in [-0.05, 0) is 36.3 Å². The molecular weight excluding hydrogens is 254 g/mol. The van der Waals surface area contributed by atoms with E-state index in [9.17, 15) is 0 Å². The minimum absolute atomic E-state index is 0.607. The Morgan fingerprint density at radius 1 is 1.24 bits per heavy atom. The summed E-state index contributed by atoms with van der Waals surface area (Å²) in [5.74, 6) is 1.39. The average Bonchev–Trinajstić information content (AvgIpc) is 2.91. The van der Waals surface area contributed by atoms with Crippen LogP contribution in [0.3, 0.4) is 0 Å². The molecular formula is C20H29N. The van der Waals surface area contributed by atoms with Gasteiger partial charge in [0.2, 0.25) is 0 Å². The molecule has 1 aromatic carbocycles. The van der Waals surface area contributed by atoms with Gasteiger partial charge in [-0.3, -0.25) is 0 Å². The highest BCUT2D eigenvalue weighted by molar-refractivity contribution is 5.83. The predicted molar refractivity (Wildman–Crippen MR) is 93.6 cm³/mol. The molecule has 0 saturated carbocycles. The summed E-state index contributed by atoms with van der Waals surface area (Å²) in [6, 6.07) is 8.54. The van der Waals surface area contributed by atoms with Crippen LogP contribution in [-0.2, 0) is 6.42 Å². The van der Waals surface area contributed by atoms with Crippen LogP contribution in [-0.4, -0.2) is 4.98 Å². The van der Waals surface area contributed by atoms with Crippen molar-refractivity contribution in [3.05, 3.63) is 48.2 Å². The number of hydrogen-bond acceptors (Lipinski definition) is 0. The van der Waals surface area contributed by atoms with E-state index in [1.807, 2.05) is 0 Å². The lowest BCUT2D eigenvalue weighted by molar-refractivity contribution is 0.352. The smallest absolute Gasteiger partial charge is 0.0456 e. The first-order valence-electron chi connectivity index (χ1n) is 8.40. The van der Waals surface area contributed by atoms with Gasteiger partial charge < -0.3 is 4.98 Å². The maximum absolute atomic E-state index is 4.40.